The highest BCUT2D eigenvalue weighted by Gasteiger charge is 2.31. The lowest BCUT2D eigenvalue weighted by atomic mass is 10.2. The first-order valence-electron chi connectivity index (χ1n) is 7.94. The van der Waals surface area contributed by atoms with Crippen LogP contribution in [0.5, 0.6) is 11.5 Å². The Bertz CT molecular complexity index is 563. The van der Waals surface area contributed by atoms with Crippen LogP contribution in [0, 0.1) is 5.92 Å². The van der Waals surface area contributed by atoms with Gasteiger partial charge in [0.05, 0.1) is 11.1 Å². The van der Waals surface area contributed by atoms with Crippen LogP contribution in [0.4, 0.5) is 0 Å². The van der Waals surface area contributed by atoms with Crippen molar-refractivity contribution >= 4 is 21.8 Å². The largest absolute Gasteiger partial charge is 0.490 e. The third kappa shape index (κ3) is 5.11. The molecule has 1 saturated carbocycles. The third-order valence-electron chi connectivity index (χ3n) is 3.89. The van der Waals surface area contributed by atoms with Crippen LogP contribution in [0.25, 0.3) is 0 Å². The highest BCUT2D eigenvalue weighted by molar-refractivity contribution is 9.10. The first-order chi connectivity index (χ1) is 10.9. The average molecular weight is 385 g/mol. The van der Waals surface area contributed by atoms with Crippen molar-refractivity contribution in [2.24, 2.45) is 5.92 Å². The van der Waals surface area contributed by atoms with Gasteiger partial charge in [-0.25, -0.2) is 0 Å². The first-order valence-corrected chi connectivity index (χ1v) is 8.73. The summed E-state index contributed by atoms with van der Waals surface area (Å²) in [5.41, 5.74) is 1.13. The summed E-state index contributed by atoms with van der Waals surface area (Å²) in [6.07, 6.45) is 1.24. The standard InChI is InChI=1S/C17H25BrN2O3/c1-5-22-15-8-12(9-19-14-6-11(14)2)7-13(18)17(15)23-10-16(21)20(3)4/h7-8,11,14,19H,5-6,9-10H2,1-4H3. The van der Waals surface area contributed by atoms with E-state index in [0.29, 0.717) is 24.1 Å². The van der Waals surface area contributed by atoms with E-state index in [-0.39, 0.29) is 12.5 Å². The van der Waals surface area contributed by atoms with Gasteiger partial charge in [0.15, 0.2) is 18.1 Å². The number of carbonyl (C=O) groups excluding carboxylic acids is 1. The summed E-state index contributed by atoms with van der Waals surface area (Å²) in [5.74, 6) is 1.91. The van der Waals surface area contributed by atoms with E-state index in [1.165, 1.54) is 11.3 Å². The molecule has 0 aliphatic heterocycles. The summed E-state index contributed by atoms with van der Waals surface area (Å²) in [5, 5.41) is 3.53. The van der Waals surface area contributed by atoms with Gasteiger partial charge in [-0.1, -0.05) is 6.92 Å². The number of nitrogens with one attached hydrogen (secondary N) is 1. The van der Waals surface area contributed by atoms with Gasteiger partial charge in [0.25, 0.3) is 5.91 Å². The van der Waals surface area contributed by atoms with E-state index in [9.17, 15) is 4.79 Å². The van der Waals surface area contributed by atoms with Crippen LogP contribution in [0.1, 0.15) is 25.8 Å². The van der Waals surface area contributed by atoms with Crippen molar-refractivity contribution in [3.63, 3.8) is 0 Å². The molecule has 2 unspecified atom stereocenters. The molecule has 2 atom stereocenters. The Balaban J connectivity index is 2.08. The maximum atomic E-state index is 11.7. The summed E-state index contributed by atoms with van der Waals surface area (Å²) in [7, 11) is 3.41. The fourth-order valence-corrected chi connectivity index (χ4v) is 2.85. The number of hydrogen-bond donors (Lipinski definition) is 1. The van der Waals surface area contributed by atoms with Crippen molar-refractivity contribution in [3.8, 4) is 11.5 Å². The molecule has 0 radical (unpaired) electrons. The minimum absolute atomic E-state index is 0.0111. The van der Waals surface area contributed by atoms with Gasteiger partial charge in [0.2, 0.25) is 0 Å². The van der Waals surface area contributed by atoms with Crippen LogP contribution in [0.2, 0.25) is 0 Å². The fraction of sp³-hybridized carbons (Fsp3) is 0.588. The Labute approximate surface area is 146 Å². The maximum absolute atomic E-state index is 11.7. The van der Waals surface area contributed by atoms with E-state index in [4.69, 9.17) is 9.47 Å². The second kappa shape index (κ2) is 8.02. The molecule has 1 aliphatic carbocycles. The molecular weight excluding hydrogens is 360 g/mol. The number of amides is 1. The molecule has 1 aliphatic rings. The molecule has 1 N–H and O–H groups in total. The Kier molecular flexibility index (Phi) is 6.30. The van der Waals surface area contributed by atoms with E-state index >= 15 is 0 Å². The normalized spacial score (nSPS) is 19.3. The predicted octanol–water partition coefficient (Wildman–Crippen LogP) is 2.81. The van der Waals surface area contributed by atoms with Crippen LogP contribution >= 0.6 is 15.9 Å². The van der Waals surface area contributed by atoms with E-state index < -0.39 is 0 Å². The van der Waals surface area contributed by atoms with Crippen LogP contribution in [-0.2, 0) is 11.3 Å². The highest BCUT2D eigenvalue weighted by Crippen LogP contribution is 2.37. The van der Waals surface area contributed by atoms with E-state index in [1.54, 1.807) is 14.1 Å². The minimum Gasteiger partial charge on any atom is -0.490 e. The molecule has 1 aromatic carbocycles. The average Bonchev–Trinajstić information content (AvgIpc) is 3.20. The van der Waals surface area contributed by atoms with E-state index in [2.05, 4.69) is 28.2 Å². The lowest BCUT2D eigenvalue weighted by Gasteiger charge is -2.17. The Hall–Kier alpha value is -1.27. The second-order valence-electron chi connectivity index (χ2n) is 6.12. The van der Waals surface area contributed by atoms with Crippen LogP contribution in [0.3, 0.4) is 0 Å². The summed E-state index contributed by atoms with van der Waals surface area (Å²) in [6.45, 7) is 5.51. The number of ether oxygens (including phenoxy) is 2. The monoisotopic (exact) mass is 384 g/mol. The highest BCUT2D eigenvalue weighted by atomic mass is 79.9. The Morgan fingerprint density at radius 1 is 1.39 bits per heavy atom. The van der Waals surface area contributed by atoms with Crippen molar-refractivity contribution in [1.29, 1.82) is 0 Å². The summed E-state index contributed by atoms with van der Waals surface area (Å²) in [6, 6.07) is 4.61. The van der Waals surface area contributed by atoms with Gasteiger partial charge in [0.1, 0.15) is 0 Å². The SMILES string of the molecule is CCOc1cc(CNC2CC2C)cc(Br)c1OCC(=O)N(C)C. The third-order valence-corrected chi connectivity index (χ3v) is 4.47. The van der Waals surface area contributed by atoms with Crippen LogP contribution < -0.4 is 14.8 Å². The lowest BCUT2D eigenvalue weighted by molar-refractivity contribution is -0.130. The minimum atomic E-state index is -0.0900. The number of likely N-dealkylation sites (N-methyl/N-ethyl adjacent to an activating group) is 1. The smallest absolute Gasteiger partial charge is 0.259 e. The second-order valence-corrected chi connectivity index (χ2v) is 6.97. The van der Waals surface area contributed by atoms with E-state index in [0.717, 1.165) is 22.5 Å². The first kappa shape index (κ1) is 18.1. The molecule has 1 aromatic rings. The van der Waals surface area contributed by atoms with Gasteiger partial charge in [0, 0.05) is 26.7 Å². The fourth-order valence-electron chi connectivity index (χ4n) is 2.24. The Morgan fingerprint density at radius 2 is 2.09 bits per heavy atom. The molecule has 128 valence electrons. The summed E-state index contributed by atoms with van der Waals surface area (Å²) < 4.78 is 12.2. The maximum Gasteiger partial charge on any atom is 0.259 e. The lowest BCUT2D eigenvalue weighted by Crippen LogP contribution is -2.27. The molecule has 6 heteroatoms. The van der Waals surface area contributed by atoms with Crippen molar-refractivity contribution in [3.05, 3.63) is 22.2 Å². The van der Waals surface area contributed by atoms with Gasteiger partial charge >= 0.3 is 0 Å². The number of hydrogen-bond acceptors (Lipinski definition) is 4. The molecule has 0 bridgehead atoms. The molecular formula is C17H25BrN2O3. The molecule has 5 nitrogen and oxygen atoms in total. The van der Waals surface area contributed by atoms with Crippen LogP contribution in [0.15, 0.2) is 16.6 Å². The molecule has 1 amide bonds. The number of rotatable bonds is 8. The van der Waals surface area contributed by atoms with Crippen molar-refractivity contribution in [2.45, 2.75) is 32.9 Å². The molecule has 0 saturated heterocycles. The van der Waals surface area contributed by atoms with Crippen molar-refractivity contribution in [2.75, 3.05) is 27.3 Å². The molecule has 0 spiro atoms. The molecule has 1 fully saturated rings. The van der Waals surface area contributed by atoms with Crippen LogP contribution in [-0.4, -0.2) is 44.2 Å². The Morgan fingerprint density at radius 3 is 2.65 bits per heavy atom. The number of benzene rings is 1. The molecule has 2 rings (SSSR count). The van der Waals surface area contributed by atoms with E-state index in [1.807, 2.05) is 19.1 Å². The number of halogens is 1. The number of nitrogens with zero attached hydrogens (tertiary/aromatic N) is 1. The van der Waals surface area contributed by atoms with Gasteiger partial charge in [-0.15, -0.1) is 0 Å². The zero-order valence-corrected chi connectivity index (χ0v) is 15.8. The molecule has 0 heterocycles. The molecule has 0 aromatic heterocycles. The predicted molar refractivity (Wildman–Crippen MR) is 93.9 cm³/mol. The quantitative estimate of drug-likeness (QED) is 0.748. The van der Waals surface area contributed by atoms with Crippen molar-refractivity contribution in [1.82, 2.24) is 10.2 Å². The van der Waals surface area contributed by atoms with Gasteiger partial charge in [-0.2, -0.15) is 0 Å². The number of carbonyl (C=O) groups is 1. The zero-order chi connectivity index (χ0) is 17.0. The van der Waals surface area contributed by atoms with Gasteiger partial charge in [-0.3, -0.25) is 4.79 Å². The summed E-state index contributed by atoms with van der Waals surface area (Å²) >= 11 is 3.53. The molecule has 23 heavy (non-hydrogen) atoms. The summed E-state index contributed by atoms with van der Waals surface area (Å²) in [4.78, 5) is 13.2. The van der Waals surface area contributed by atoms with Gasteiger partial charge in [-0.05, 0) is 52.9 Å². The topological polar surface area (TPSA) is 50.8 Å². The zero-order valence-electron chi connectivity index (χ0n) is 14.2. The van der Waals surface area contributed by atoms with Crippen molar-refractivity contribution < 1.29 is 14.3 Å². The van der Waals surface area contributed by atoms with Gasteiger partial charge < -0.3 is 19.7 Å².